The van der Waals surface area contributed by atoms with Crippen LogP contribution in [-0.4, -0.2) is 112 Å². The molecule has 44 heavy (non-hydrogen) atoms. The Kier molecular flexibility index (Phi) is 12.8. The lowest BCUT2D eigenvalue weighted by Gasteiger charge is -2.38. The molecule has 242 valence electrons. The highest BCUT2D eigenvalue weighted by atomic mass is 16.7. The fraction of sp³-hybridized carbons (Fsp3) is 0.552. The number of carbonyl (C=O) groups is 5. The predicted molar refractivity (Wildman–Crippen MR) is 149 cm³/mol. The summed E-state index contributed by atoms with van der Waals surface area (Å²) in [5.41, 5.74) is 1.23. The number of hydrogen-bond donors (Lipinski definition) is 5. The van der Waals surface area contributed by atoms with Gasteiger partial charge in [-0.25, -0.2) is 4.79 Å². The number of aliphatic carboxylic acids is 1. The normalized spacial score (nSPS) is 23.2. The lowest BCUT2D eigenvalue weighted by atomic mass is 9.99. The first-order valence-electron chi connectivity index (χ1n) is 14.1. The van der Waals surface area contributed by atoms with Crippen LogP contribution in [0.2, 0.25) is 0 Å². The molecule has 0 bridgehead atoms. The molecule has 1 fully saturated rings. The first-order chi connectivity index (χ1) is 20.9. The molecule has 15 heteroatoms. The number of aliphatic hydroxyl groups is 3. The van der Waals surface area contributed by atoms with E-state index in [4.69, 9.17) is 18.9 Å². The van der Waals surface area contributed by atoms with Gasteiger partial charge in [-0.15, -0.1) is 0 Å². The first-order valence-corrected chi connectivity index (χ1v) is 14.1. The molecular formula is C29H38N2O13. The number of nitrogens with one attached hydrogen (secondary N) is 1. The van der Waals surface area contributed by atoms with Crippen LogP contribution < -0.4 is 10.1 Å². The second kappa shape index (κ2) is 16.3. The van der Waals surface area contributed by atoms with E-state index in [-0.39, 0.29) is 44.4 Å². The average molecular weight is 623 g/mol. The van der Waals surface area contributed by atoms with Crippen LogP contribution in [0, 0.1) is 5.92 Å². The summed E-state index contributed by atoms with van der Waals surface area (Å²) < 4.78 is 21.8. The van der Waals surface area contributed by atoms with Gasteiger partial charge in [0.05, 0.1) is 12.5 Å². The Morgan fingerprint density at radius 2 is 1.73 bits per heavy atom. The Labute approximate surface area is 253 Å². The Morgan fingerprint density at radius 1 is 1.02 bits per heavy atom. The zero-order valence-corrected chi connectivity index (χ0v) is 24.4. The summed E-state index contributed by atoms with van der Waals surface area (Å²) in [4.78, 5) is 59.5. The van der Waals surface area contributed by atoms with Crippen LogP contribution in [0.3, 0.4) is 0 Å². The lowest BCUT2D eigenvalue weighted by Crippen LogP contribution is -2.61. The van der Waals surface area contributed by atoms with Gasteiger partial charge < -0.3 is 44.7 Å². The molecule has 5 atom stereocenters. The van der Waals surface area contributed by atoms with Gasteiger partial charge in [0.15, 0.2) is 6.10 Å². The van der Waals surface area contributed by atoms with Crippen LogP contribution >= 0.6 is 0 Å². The van der Waals surface area contributed by atoms with Crippen LogP contribution in [0.4, 0.5) is 0 Å². The molecule has 0 aromatic heterocycles. The molecule has 3 rings (SSSR count). The molecule has 2 aliphatic rings. The SMILES string of the molecule is CC(C)C(=O)OCc1cc(CCCOCCNC(=O)CCN2C(=O)C=CC2=O)ccc1O[C@@H]1O[C@H](C(=O)O)[C@@H](O)[C@H](O)[C@H]1O. The van der Waals surface area contributed by atoms with Gasteiger partial charge in [-0.05, 0) is 30.5 Å². The topological polar surface area (TPSA) is 218 Å². The van der Waals surface area contributed by atoms with Gasteiger partial charge in [0, 0.05) is 43.8 Å². The van der Waals surface area contributed by atoms with E-state index < -0.39 is 60.4 Å². The first kappa shape index (κ1) is 34.6. The highest BCUT2D eigenvalue weighted by Crippen LogP contribution is 2.28. The van der Waals surface area contributed by atoms with Crippen molar-refractivity contribution >= 4 is 29.7 Å². The van der Waals surface area contributed by atoms with Gasteiger partial charge >= 0.3 is 11.9 Å². The number of hydrogen-bond acceptors (Lipinski definition) is 12. The molecule has 0 unspecified atom stereocenters. The zero-order chi connectivity index (χ0) is 32.4. The molecule has 3 amide bonds. The van der Waals surface area contributed by atoms with Gasteiger partial charge in [-0.3, -0.25) is 24.1 Å². The van der Waals surface area contributed by atoms with E-state index in [0.717, 1.165) is 22.6 Å². The molecule has 2 aliphatic heterocycles. The van der Waals surface area contributed by atoms with Crippen molar-refractivity contribution in [1.82, 2.24) is 10.2 Å². The van der Waals surface area contributed by atoms with Crippen molar-refractivity contribution in [1.29, 1.82) is 0 Å². The highest BCUT2D eigenvalue weighted by molar-refractivity contribution is 6.13. The third-order valence-electron chi connectivity index (χ3n) is 6.81. The molecule has 1 aromatic carbocycles. The van der Waals surface area contributed by atoms with Gasteiger partial charge in [0.1, 0.15) is 30.7 Å². The van der Waals surface area contributed by atoms with E-state index in [9.17, 15) is 44.4 Å². The van der Waals surface area contributed by atoms with Crippen LogP contribution in [0.1, 0.15) is 37.8 Å². The van der Waals surface area contributed by atoms with Crippen LogP contribution in [-0.2, 0) is 51.2 Å². The second-order valence-corrected chi connectivity index (χ2v) is 10.5. The summed E-state index contributed by atoms with van der Waals surface area (Å²) in [6.45, 7) is 4.02. The number of carbonyl (C=O) groups excluding carboxylic acids is 4. The van der Waals surface area contributed by atoms with E-state index in [1.54, 1.807) is 26.0 Å². The monoisotopic (exact) mass is 622 g/mol. The van der Waals surface area contributed by atoms with E-state index in [2.05, 4.69) is 5.32 Å². The number of benzene rings is 1. The minimum absolute atomic E-state index is 0.00202. The van der Waals surface area contributed by atoms with E-state index in [0.29, 0.717) is 25.0 Å². The molecule has 0 saturated carbocycles. The maximum Gasteiger partial charge on any atom is 0.335 e. The fourth-order valence-electron chi connectivity index (χ4n) is 4.30. The maximum absolute atomic E-state index is 12.1. The van der Waals surface area contributed by atoms with Gasteiger partial charge in [-0.1, -0.05) is 19.9 Å². The Bertz CT molecular complexity index is 1220. The van der Waals surface area contributed by atoms with E-state index in [1.807, 2.05) is 0 Å². The van der Waals surface area contributed by atoms with Crippen molar-refractivity contribution in [2.45, 2.75) is 70.4 Å². The number of imide groups is 1. The van der Waals surface area contributed by atoms with Gasteiger partial charge in [-0.2, -0.15) is 0 Å². The molecule has 5 N–H and O–H groups in total. The number of carboxylic acids is 1. The summed E-state index contributed by atoms with van der Waals surface area (Å²) in [5.74, 6) is -3.49. The second-order valence-electron chi connectivity index (χ2n) is 10.5. The summed E-state index contributed by atoms with van der Waals surface area (Å²) in [7, 11) is 0. The van der Waals surface area contributed by atoms with E-state index >= 15 is 0 Å². The van der Waals surface area contributed by atoms with Crippen molar-refractivity contribution in [3.05, 3.63) is 41.5 Å². The third-order valence-corrected chi connectivity index (χ3v) is 6.81. The number of rotatable bonds is 16. The smallest absolute Gasteiger partial charge is 0.335 e. The molecule has 1 saturated heterocycles. The number of amides is 3. The fourth-order valence-corrected chi connectivity index (χ4v) is 4.30. The van der Waals surface area contributed by atoms with Crippen molar-refractivity contribution < 1.29 is 63.3 Å². The molecule has 1 aromatic rings. The number of aryl methyl sites for hydroxylation is 1. The minimum atomic E-state index is -1.87. The van der Waals surface area contributed by atoms with E-state index in [1.165, 1.54) is 6.07 Å². The molecular weight excluding hydrogens is 584 g/mol. The van der Waals surface area contributed by atoms with Crippen LogP contribution in [0.15, 0.2) is 30.4 Å². The quantitative estimate of drug-likeness (QED) is 0.0853. The number of ether oxygens (including phenoxy) is 4. The summed E-state index contributed by atoms with van der Waals surface area (Å²) in [6.07, 6.45) is -5.47. The van der Waals surface area contributed by atoms with Crippen molar-refractivity contribution in [2.75, 3.05) is 26.3 Å². The highest BCUT2D eigenvalue weighted by Gasteiger charge is 2.48. The molecule has 0 radical (unpaired) electrons. The molecule has 2 heterocycles. The number of nitrogens with zero attached hydrogens (tertiary/aromatic N) is 1. The van der Waals surface area contributed by atoms with Gasteiger partial charge in [0.25, 0.3) is 11.8 Å². The lowest BCUT2D eigenvalue weighted by molar-refractivity contribution is -0.271. The van der Waals surface area contributed by atoms with Crippen LogP contribution in [0.5, 0.6) is 5.75 Å². The summed E-state index contributed by atoms with van der Waals surface area (Å²) in [5, 5.41) is 42.3. The van der Waals surface area contributed by atoms with Gasteiger partial charge in [0.2, 0.25) is 12.2 Å². The summed E-state index contributed by atoms with van der Waals surface area (Å²) >= 11 is 0. The Morgan fingerprint density at radius 3 is 2.39 bits per heavy atom. The van der Waals surface area contributed by atoms with Crippen LogP contribution in [0.25, 0.3) is 0 Å². The van der Waals surface area contributed by atoms with Crippen molar-refractivity contribution in [2.24, 2.45) is 5.92 Å². The Balaban J connectivity index is 1.49. The minimum Gasteiger partial charge on any atom is -0.479 e. The third kappa shape index (κ3) is 9.56. The molecule has 15 nitrogen and oxygen atoms in total. The molecule has 0 aliphatic carbocycles. The standard InChI is InChI=1S/C29H38N2O13/c1-16(2)28(40)42-15-18-14-17(5-6-19(18)43-29-25(37)23(35)24(36)26(44-29)27(38)39)4-3-12-41-13-10-30-20(32)9-11-31-21(33)7-8-22(31)34/h5-8,14,16,23-26,29,35-37H,3-4,9-13,15H2,1-2H3,(H,30,32)(H,38,39)/t23-,24-,25+,26-,29+/m0/s1. The predicted octanol–water partition coefficient (Wildman–Crippen LogP) is -0.963. The van der Waals surface area contributed by atoms with Crippen molar-refractivity contribution in [3.8, 4) is 5.75 Å². The number of aliphatic hydroxyl groups excluding tert-OH is 3. The Hall–Kier alpha value is -3.89. The molecule has 0 spiro atoms. The van der Waals surface area contributed by atoms with Crippen molar-refractivity contribution in [3.63, 3.8) is 0 Å². The zero-order valence-electron chi connectivity index (χ0n) is 24.4. The maximum atomic E-state index is 12.1. The largest absolute Gasteiger partial charge is 0.479 e. The number of carboxylic acid groups (broad SMARTS) is 1. The summed E-state index contributed by atoms with van der Waals surface area (Å²) in [6, 6.07) is 4.96. The average Bonchev–Trinajstić information content (AvgIpc) is 3.31. The number of esters is 1.